The quantitative estimate of drug-likeness (QED) is 0.260. The van der Waals surface area contributed by atoms with Crippen molar-refractivity contribution >= 4 is 5.97 Å². The van der Waals surface area contributed by atoms with Gasteiger partial charge in [-0.2, -0.15) is 0 Å². The van der Waals surface area contributed by atoms with Gasteiger partial charge in [-0.15, -0.1) is 0 Å². The van der Waals surface area contributed by atoms with E-state index in [4.69, 9.17) is 10.5 Å². The minimum absolute atomic E-state index is 0.0242. The first-order valence-corrected chi connectivity index (χ1v) is 12.7. The fraction of sp³-hybridized carbons (Fsp3) is 0.741. The third-order valence-corrected chi connectivity index (χ3v) is 7.73. The van der Waals surface area contributed by atoms with Crippen LogP contribution in [-0.4, -0.2) is 12.0 Å². The molecule has 2 bridgehead atoms. The van der Waals surface area contributed by atoms with Crippen molar-refractivity contribution in [3.63, 3.8) is 0 Å². The molecule has 0 saturated heterocycles. The third kappa shape index (κ3) is 6.09. The molecule has 31 heavy (non-hydrogen) atoms. The van der Waals surface area contributed by atoms with Gasteiger partial charge in [-0.25, -0.2) is 4.39 Å². The highest BCUT2D eigenvalue weighted by Gasteiger charge is 2.44. The second kappa shape index (κ2) is 11.4. The lowest BCUT2D eigenvalue weighted by Gasteiger charge is -2.46. The number of fused-ring (bicyclic) bond motifs is 4. The molecule has 3 atom stereocenters. The van der Waals surface area contributed by atoms with Crippen molar-refractivity contribution in [2.24, 2.45) is 11.7 Å². The van der Waals surface area contributed by atoms with E-state index in [1.54, 1.807) is 0 Å². The Bertz CT molecular complexity index is 734. The van der Waals surface area contributed by atoms with Gasteiger partial charge in [-0.3, -0.25) is 4.79 Å². The van der Waals surface area contributed by atoms with Crippen LogP contribution in [0.2, 0.25) is 0 Å². The number of esters is 1. The molecule has 0 amide bonds. The summed E-state index contributed by atoms with van der Waals surface area (Å²) < 4.78 is 20.7. The van der Waals surface area contributed by atoms with Gasteiger partial charge in [-0.1, -0.05) is 78.1 Å². The molecule has 4 heteroatoms. The number of carbonyl (C=O) groups excluding carboxylic acids is 1. The van der Waals surface area contributed by atoms with Crippen molar-refractivity contribution in [2.75, 3.05) is 0 Å². The van der Waals surface area contributed by atoms with E-state index >= 15 is 4.39 Å². The van der Waals surface area contributed by atoms with E-state index in [-0.39, 0.29) is 23.2 Å². The summed E-state index contributed by atoms with van der Waals surface area (Å²) in [5.74, 6) is 0.177. The number of ether oxygens (including phenoxy) is 1. The molecule has 0 aliphatic heterocycles. The number of benzene rings is 1. The summed E-state index contributed by atoms with van der Waals surface area (Å²) in [6.45, 7) is 4.40. The summed E-state index contributed by atoms with van der Waals surface area (Å²) in [5.41, 5.74) is 8.27. The second-order valence-corrected chi connectivity index (χ2v) is 10.1. The molecule has 0 aromatic heterocycles. The van der Waals surface area contributed by atoms with E-state index in [1.165, 1.54) is 51.0 Å². The molecule has 1 fully saturated rings. The van der Waals surface area contributed by atoms with Crippen LogP contribution in [0.3, 0.4) is 0 Å². The van der Waals surface area contributed by atoms with E-state index in [2.05, 4.69) is 13.8 Å². The fourth-order valence-corrected chi connectivity index (χ4v) is 5.72. The number of unbranched alkanes of at least 4 members (excludes halogenated alkanes) is 6. The zero-order chi connectivity index (χ0) is 22.3. The molecule has 1 aromatic carbocycles. The summed E-state index contributed by atoms with van der Waals surface area (Å²) in [4.78, 5) is 12.4. The predicted molar refractivity (Wildman–Crippen MR) is 125 cm³/mol. The van der Waals surface area contributed by atoms with Gasteiger partial charge in [0.05, 0.1) is 0 Å². The van der Waals surface area contributed by atoms with E-state index < -0.39 is 0 Å². The van der Waals surface area contributed by atoms with E-state index in [0.29, 0.717) is 24.5 Å². The highest BCUT2D eigenvalue weighted by Crippen LogP contribution is 2.46. The average Bonchev–Trinajstić information content (AvgIpc) is 2.77. The second-order valence-electron chi connectivity index (χ2n) is 10.1. The van der Waals surface area contributed by atoms with Gasteiger partial charge in [0.15, 0.2) is 0 Å². The maximum absolute atomic E-state index is 15.1. The first kappa shape index (κ1) is 24.2. The van der Waals surface area contributed by atoms with Crippen LogP contribution in [0, 0.1) is 11.7 Å². The first-order valence-electron chi connectivity index (χ1n) is 12.7. The van der Waals surface area contributed by atoms with Crippen LogP contribution >= 0.6 is 0 Å². The van der Waals surface area contributed by atoms with Gasteiger partial charge in [0.2, 0.25) is 0 Å². The van der Waals surface area contributed by atoms with Crippen molar-refractivity contribution in [3.8, 4) is 5.75 Å². The first-order chi connectivity index (χ1) is 15.0. The maximum atomic E-state index is 15.1. The molecule has 1 aromatic rings. The van der Waals surface area contributed by atoms with Crippen molar-refractivity contribution < 1.29 is 13.9 Å². The van der Waals surface area contributed by atoms with Crippen LogP contribution in [0.1, 0.15) is 115 Å². The smallest absolute Gasteiger partial charge is 0.311 e. The molecule has 3 rings (SSSR count). The van der Waals surface area contributed by atoms with Crippen LogP contribution in [0.25, 0.3) is 0 Å². The number of hydrogen-bond acceptors (Lipinski definition) is 3. The van der Waals surface area contributed by atoms with Gasteiger partial charge in [0.25, 0.3) is 0 Å². The lowest BCUT2D eigenvalue weighted by atomic mass is 9.61. The Balaban J connectivity index is 1.65. The zero-order valence-electron chi connectivity index (χ0n) is 19.7. The Morgan fingerprint density at radius 2 is 1.81 bits per heavy atom. The van der Waals surface area contributed by atoms with Gasteiger partial charge in [-0.05, 0) is 48.8 Å². The Labute approximate surface area is 188 Å². The minimum Gasteiger partial charge on any atom is -0.426 e. The molecule has 3 nitrogen and oxygen atoms in total. The normalized spacial score (nSPS) is 25.8. The molecule has 0 radical (unpaired) electrons. The fourth-order valence-electron chi connectivity index (χ4n) is 5.72. The summed E-state index contributed by atoms with van der Waals surface area (Å²) in [5, 5.41) is 0. The molecule has 174 valence electrons. The highest BCUT2D eigenvalue weighted by molar-refractivity contribution is 5.72. The van der Waals surface area contributed by atoms with Gasteiger partial charge >= 0.3 is 5.97 Å². The number of nitrogens with two attached hydrogens (primary N) is 1. The van der Waals surface area contributed by atoms with E-state index in [0.717, 1.165) is 49.7 Å². The Kier molecular flexibility index (Phi) is 8.95. The van der Waals surface area contributed by atoms with Gasteiger partial charge in [0.1, 0.15) is 11.6 Å². The number of hydrogen-bond donors (Lipinski definition) is 1. The molecule has 0 spiro atoms. The predicted octanol–water partition coefficient (Wildman–Crippen LogP) is 6.98. The van der Waals surface area contributed by atoms with Gasteiger partial charge in [0, 0.05) is 23.9 Å². The molecule has 0 heterocycles. The largest absolute Gasteiger partial charge is 0.426 e. The van der Waals surface area contributed by atoms with Crippen LogP contribution < -0.4 is 10.5 Å². The van der Waals surface area contributed by atoms with Crippen LogP contribution in [-0.2, 0) is 16.6 Å². The van der Waals surface area contributed by atoms with Crippen molar-refractivity contribution in [2.45, 2.75) is 122 Å². The maximum Gasteiger partial charge on any atom is 0.311 e. The number of halogens is 1. The van der Waals surface area contributed by atoms with Crippen molar-refractivity contribution in [1.82, 2.24) is 0 Å². The zero-order valence-corrected chi connectivity index (χ0v) is 19.7. The molecule has 2 N–H and O–H groups in total. The monoisotopic (exact) mass is 431 g/mol. The molecule has 0 unspecified atom stereocenters. The Morgan fingerprint density at radius 3 is 2.58 bits per heavy atom. The minimum atomic E-state index is -0.260. The number of rotatable bonds is 9. The molecule has 1 saturated carbocycles. The topological polar surface area (TPSA) is 52.3 Å². The van der Waals surface area contributed by atoms with Crippen LogP contribution in [0.4, 0.5) is 4.39 Å². The SMILES string of the molecule is CCCCCCCCCC(=O)Oc1cc(F)c2c(c1)[C@@]1(C)CCCCCC[C@@H](C2)[C@@H]1N. The van der Waals surface area contributed by atoms with E-state index in [1.807, 2.05) is 6.07 Å². The van der Waals surface area contributed by atoms with E-state index in [9.17, 15) is 4.79 Å². The highest BCUT2D eigenvalue weighted by atomic mass is 19.1. The molecular formula is C27H42FNO2. The molecular weight excluding hydrogens is 389 g/mol. The van der Waals surface area contributed by atoms with Crippen molar-refractivity contribution in [1.29, 1.82) is 0 Å². The standard InChI is InChI=1S/C27H42FNO2/c1-3-4-5-6-7-8-12-15-25(30)31-21-18-23-22(24(28)19-21)17-20-14-11-9-10-13-16-27(23,2)26(20)29/h18-20,26H,3-17,29H2,1-2H3/t20-,26-,27+/m0/s1. The third-order valence-electron chi connectivity index (χ3n) is 7.73. The Hall–Kier alpha value is -1.42. The summed E-state index contributed by atoms with van der Waals surface area (Å²) >= 11 is 0. The summed E-state index contributed by atoms with van der Waals surface area (Å²) in [7, 11) is 0. The van der Waals surface area contributed by atoms with Crippen LogP contribution in [0.5, 0.6) is 5.75 Å². The Morgan fingerprint density at radius 1 is 1.10 bits per heavy atom. The summed E-state index contributed by atoms with van der Waals surface area (Å²) in [6, 6.07) is 3.35. The van der Waals surface area contributed by atoms with Gasteiger partial charge < -0.3 is 10.5 Å². The van der Waals surface area contributed by atoms with Crippen LogP contribution in [0.15, 0.2) is 12.1 Å². The number of carbonyl (C=O) groups is 1. The summed E-state index contributed by atoms with van der Waals surface area (Å²) in [6.07, 6.45) is 16.0. The molecule has 2 aliphatic rings. The lowest BCUT2D eigenvalue weighted by Crippen LogP contribution is -2.52. The van der Waals surface area contributed by atoms with Crippen molar-refractivity contribution in [3.05, 3.63) is 29.1 Å². The average molecular weight is 432 g/mol. The lowest BCUT2D eigenvalue weighted by molar-refractivity contribution is -0.134. The molecule has 2 aliphatic carbocycles.